The van der Waals surface area contributed by atoms with Gasteiger partial charge in [0, 0.05) is 49.6 Å². The molecule has 0 bridgehead atoms. The number of halogens is 4. The topological polar surface area (TPSA) is 124 Å². The fraction of sp³-hybridized carbons (Fsp3) is 0.273. The van der Waals surface area contributed by atoms with Crippen LogP contribution in [0, 0.1) is 5.82 Å². The van der Waals surface area contributed by atoms with Crippen molar-refractivity contribution >= 4 is 46.5 Å². The molecule has 4 aromatic rings. The molecule has 5 rings (SSSR count). The number of benzene rings is 3. The molecule has 0 spiro atoms. The van der Waals surface area contributed by atoms with E-state index in [2.05, 4.69) is 36.1 Å². The number of nitrogens with zero attached hydrogens (tertiary/aromatic N) is 4. The Balaban J connectivity index is 1.21. The van der Waals surface area contributed by atoms with Crippen LogP contribution in [0.4, 0.5) is 56.9 Å². The summed E-state index contributed by atoms with van der Waals surface area (Å²) < 4.78 is 58.6. The normalized spacial score (nSPS) is 13.1. The lowest BCUT2D eigenvalue weighted by atomic mass is 10.1. The number of aromatic nitrogens is 2. The molecule has 4 N–H and O–H groups in total. The van der Waals surface area contributed by atoms with Gasteiger partial charge in [-0.3, -0.25) is 9.69 Å². The molecule has 1 saturated heterocycles. The van der Waals surface area contributed by atoms with Gasteiger partial charge in [-0.15, -0.1) is 0 Å². The number of nitrogens with one attached hydrogen (secondary N) is 4. The van der Waals surface area contributed by atoms with E-state index in [0.29, 0.717) is 52.9 Å². The van der Waals surface area contributed by atoms with Crippen LogP contribution in [-0.2, 0) is 6.18 Å². The van der Waals surface area contributed by atoms with E-state index in [4.69, 9.17) is 4.74 Å². The highest BCUT2D eigenvalue weighted by Crippen LogP contribution is 2.32. The Morgan fingerprint density at radius 1 is 0.938 bits per heavy atom. The van der Waals surface area contributed by atoms with Gasteiger partial charge >= 0.3 is 12.2 Å². The van der Waals surface area contributed by atoms with E-state index in [1.54, 1.807) is 73.7 Å². The summed E-state index contributed by atoms with van der Waals surface area (Å²) in [5, 5.41) is 10.5. The molecule has 3 amide bonds. The number of anilines is 6. The second-order valence-corrected chi connectivity index (χ2v) is 11.0. The number of carbonyl (C=O) groups is 2. The molecule has 0 atom stereocenters. The summed E-state index contributed by atoms with van der Waals surface area (Å²) in [6.07, 6.45) is -0.807. The van der Waals surface area contributed by atoms with E-state index in [1.165, 1.54) is 12.8 Å². The minimum Gasteiger partial charge on any atom is -0.491 e. The van der Waals surface area contributed by atoms with Crippen molar-refractivity contribution in [3.63, 3.8) is 0 Å². The smallest absolute Gasteiger partial charge is 0.416 e. The molecule has 252 valence electrons. The number of alkyl halides is 3. The van der Waals surface area contributed by atoms with Gasteiger partial charge < -0.3 is 30.9 Å². The second-order valence-electron chi connectivity index (χ2n) is 11.0. The summed E-state index contributed by atoms with van der Waals surface area (Å²) in [5.74, 6) is -0.121. The van der Waals surface area contributed by atoms with E-state index in [9.17, 15) is 27.2 Å². The third kappa shape index (κ3) is 8.88. The van der Waals surface area contributed by atoms with Crippen LogP contribution in [-0.4, -0.2) is 67.1 Å². The number of likely N-dealkylation sites (tertiary alicyclic amines) is 1. The van der Waals surface area contributed by atoms with Crippen LogP contribution < -0.4 is 30.9 Å². The van der Waals surface area contributed by atoms with Crippen molar-refractivity contribution in [1.82, 2.24) is 20.2 Å². The molecule has 11 nitrogen and oxygen atoms in total. The lowest BCUT2D eigenvalue weighted by Crippen LogP contribution is -2.26. The monoisotopic (exact) mass is 666 g/mol. The molecule has 1 fully saturated rings. The predicted molar refractivity (Wildman–Crippen MR) is 175 cm³/mol. The SMILES string of the molecule is CNC(=O)c1cc(Nc2nccc(N(C)c3ccc(NC(=O)Nc4cc(F)cc(C(F)(F)F)c4)cc3)n2)ccc1OCCN1CCCC1. The Hall–Kier alpha value is -5.44. The number of urea groups is 1. The third-order valence-corrected chi connectivity index (χ3v) is 7.55. The molecule has 15 heteroatoms. The zero-order valence-corrected chi connectivity index (χ0v) is 26.2. The number of ether oxygens (including phenoxy) is 1. The van der Waals surface area contributed by atoms with Gasteiger partial charge in [-0.05, 0) is 92.7 Å². The summed E-state index contributed by atoms with van der Waals surface area (Å²) >= 11 is 0. The molecule has 2 heterocycles. The van der Waals surface area contributed by atoms with Crippen molar-refractivity contribution in [2.45, 2.75) is 19.0 Å². The van der Waals surface area contributed by atoms with Crippen LogP contribution in [0.25, 0.3) is 0 Å². The van der Waals surface area contributed by atoms with E-state index < -0.39 is 23.6 Å². The summed E-state index contributed by atoms with van der Waals surface area (Å²) in [6, 6.07) is 14.4. The number of hydrogen-bond acceptors (Lipinski definition) is 8. The maximum absolute atomic E-state index is 13.7. The van der Waals surface area contributed by atoms with Crippen LogP contribution >= 0.6 is 0 Å². The van der Waals surface area contributed by atoms with E-state index in [1.807, 2.05) is 0 Å². The summed E-state index contributed by atoms with van der Waals surface area (Å²) in [4.78, 5) is 38.0. The molecule has 1 aliphatic rings. The minimum atomic E-state index is -4.76. The standard InChI is InChI=1S/C33H34F4N8O3/c1-38-30(46)27-20-24(7-10-28(27)48-16-15-45-13-3-4-14-45)40-31-39-12-11-29(43-31)44(2)26-8-5-23(6-9-26)41-32(47)42-25-18-21(33(35,36)37)17-22(34)19-25/h5-12,17-20H,3-4,13-16H2,1-2H3,(H,38,46)(H,39,40,43)(H2,41,42,47). The van der Waals surface area contributed by atoms with Crippen molar-refractivity contribution < 1.29 is 31.9 Å². The molecule has 0 aliphatic carbocycles. The van der Waals surface area contributed by atoms with E-state index in [-0.39, 0.29) is 17.5 Å². The van der Waals surface area contributed by atoms with Gasteiger partial charge in [-0.2, -0.15) is 18.2 Å². The fourth-order valence-electron chi connectivity index (χ4n) is 5.08. The quantitative estimate of drug-likeness (QED) is 0.132. The van der Waals surface area contributed by atoms with Gasteiger partial charge in [-0.1, -0.05) is 0 Å². The van der Waals surface area contributed by atoms with E-state index in [0.717, 1.165) is 25.7 Å². The molecule has 1 aliphatic heterocycles. The highest BCUT2D eigenvalue weighted by molar-refractivity contribution is 6.00. The first-order valence-electron chi connectivity index (χ1n) is 15.1. The zero-order valence-electron chi connectivity index (χ0n) is 26.2. The Bertz CT molecular complexity index is 1750. The maximum atomic E-state index is 13.7. The van der Waals surface area contributed by atoms with Gasteiger partial charge in [-0.25, -0.2) is 14.2 Å². The molecular weight excluding hydrogens is 632 g/mol. The summed E-state index contributed by atoms with van der Waals surface area (Å²) in [6.45, 7) is 3.38. The number of hydrogen-bond donors (Lipinski definition) is 4. The molecule has 1 aromatic heterocycles. The number of rotatable bonds is 11. The summed E-state index contributed by atoms with van der Waals surface area (Å²) in [7, 11) is 3.33. The third-order valence-electron chi connectivity index (χ3n) is 7.55. The van der Waals surface area contributed by atoms with Gasteiger partial charge in [0.1, 0.15) is 24.0 Å². The van der Waals surface area contributed by atoms with Gasteiger partial charge in [0.05, 0.1) is 11.1 Å². The van der Waals surface area contributed by atoms with Crippen LogP contribution in [0.1, 0.15) is 28.8 Å². The highest BCUT2D eigenvalue weighted by atomic mass is 19.4. The van der Waals surface area contributed by atoms with Crippen molar-refractivity contribution in [3.8, 4) is 5.75 Å². The molecule has 0 saturated carbocycles. The molecule has 48 heavy (non-hydrogen) atoms. The fourth-order valence-corrected chi connectivity index (χ4v) is 5.08. The maximum Gasteiger partial charge on any atom is 0.416 e. The average Bonchev–Trinajstić information content (AvgIpc) is 3.58. The zero-order chi connectivity index (χ0) is 34.3. The van der Waals surface area contributed by atoms with Crippen molar-refractivity contribution in [2.75, 3.05) is 61.2 Å². The second kappa shape index (κ2) is 15.0. The highest BCUT2D eigenvalue weighted by Gasteiger charge is 2.31. The first-order chi connectivity index (χ1) is 23.0. The summed E-state index contributed by atoms with van der Waals surface area (Å²) in [5.41, 5.74) is 0.447. The predicted octanol–water partition coefficient (Wildman–Crippen LogP) is 6.62. The first kappa shape index (κ1) is 33.9. The van der Waals surface area contributed by atoms with Gasteiger partial charge in [0.2, 0.25) is 5.95 Å². The number of carbonyl (C=O) groups excluding carboxylic acids is 2. The van der Waals surface area contributed by atoms with Crippen molar-refractivity contribution in [3.05, 3.63) is 89.9 Å². The van der Waals surface area contributed by atoms with Crippen LogP contribution in [0.5, 0.6) is 5.75 Å². The molecule has 3 aromatic carbocycles. The van der Waals surface area contributed by atoms with Gasteiger partial charge in [0.25, 0.3) is 5.91 Å². The Morgan fingerprint density at radius 3 is 2.35 bits per heavy atom. The largest absolute Gasteiger partial charge is 0.491 e. The van der Waals surface area contributed by atoms with Gasteiger partial charge in [0.15, 0.2) is 0 Å². The molecular formula is C33H34F4N8O3. The first-order valence-corrected chi connectivity index (χ1v) is 15.1. The van der Waals surface area contributed by atoms with E-state index >= 15 is 0 Å². The minimum absolute atomic E-state index is 0.283. The average molecular weight is 667 g/mol. The van der Waals surface area contributed by atoms with Crippen LogP contribution in [0.15, 0.2) is 72.9 Å². The van der Waals surface area contributed by atoms with Crippen molar-refractivity contribution in [1.29, 1.82) is 0 Å². The molecule has 0 radical (unpaired) electrons. The number of amides is 3. The van der Waals surface area contributed by atoms with Crippen LogP contribution in [0.2, 0.25) is 0 Å². The lowest BCUT2D eigenvalue weighted by molar-refractivity contribution is -0.137. The van der Waals surface area contributed by atoms with Crippen molar-refractivity contribution in [2.24, 2.45) is 0 Å². The Labute approximate surface area is 274 Å². The Kier molecular flexibility index (Phi) is 10.6. The van der Waals surface area contributed by atoms with Crippen LogP contribution in [0.3, 0.4) is 0 Å². The Morgan fingerprint density at radius 2 is 1.65 bits per heavy atom. The molecule has 0 unspecified atom stereocenters. The lowest BCUT2D eigenvalue weighted by Gasteiger charge is -2.19.